The Bertz CT molecular complexity index is 1170. The zero-order valence-corrected chi connectivity index (χ0v) is 19.1. The van der Waals surface area contributed by atoms with Gasteiger partial charge in [0.1, 0.15) is 6.04 Å². The quantitative estimate of drug-likeness (QED) is 0.435. The number of ether oxygens (including phenoxy) is 1. The molecule has 2 atom stereocenters. The number of amides is 1. The van der Waals surface area contributed by atoms with E-state index in [1.165, 1.54) is 0 Å². The second kappa shape index (κ2) is 10.7. The lowest BCUT2D eigenvalue weighted by Crippen LogP contribution is -2.53. The molecular formula is C24H29N3O4S. The number of sulfonamides is 1. The number of rotatable bonds is 10. The molecule has 0 fully saturated rings. The summed E-state index contributed by atoms with van der Waals surface area (Å²) in [5.74, 6) is -0.490. The Hall–Kier alpha value is -2.78. The van der Waals surface area contributed by atoms with Crippen LogP contribution in [0.3, 0.4) is 0 Å². The Morgan fingerprint density at radius 1 is 1.00 bits per heavy atom. The zero-order valence-electron chi connectivity index (χ0n) is 18.2. The van der Waals surface area contributed by atoms with E-state index in [0.29, 0.717) is 5.39 Å². The van der Waals surface area contributed by atoms with Gasteiger partial charge in [0.25, 0.3) is 0 Å². The molecule has 0 aromatic heterocycles. The monoisotopic (exact) mass is 455 g/mol. The summed E-state index contributed by atoms with van der Waals surface area (Å²) < 4.78 is 35.1. The maximum atomic E-state index is 13.4. The number of carbonyl (C=O) groups is 1. The smallest absolute Gasteiger partial charge is 0.242 e. The Morgan fingerprint density at radius 2 is 1.66 bits per heavy atom. The van der Waals surface area contributed by atoms with E-state index in [1.54, 1.807) is 31.2 Å². The van der Waals surface area contributed by atoms with Crippen LogP contribution < -0.4 is 15.8 Å². The summed E-state index contributed by atoms with van der Waals surface area (Å²) in [5.41, 5.74) is 7.39. The second-order valence-corrected chi connectivity index (χ2v) is 9.29. The van der Waals surface area contributed by atoms with Gasteiger partial charge in [-0.1, -0.05) is 60.7 Å². The van der Waals surface area contributed by atoms with Crippen LogP contribution in [0.2, 0.25) is 0 Å². The van der Waals surface area contributed by atoms with E-state index >= 15 is 0 Å². The van der Waals surface area contributed by atoms with E-state index in [-0.39, 0.29) is 24.6 Å². The molecule has 0 radical (unpaired) electrons. The lowest BCUT2D eigenvalue weighted by atomic mass is 10.1. The number of fused-ring (bicyclic) bond motifs is 1. The molecule has 0 saturated heterocycles. The Morgan fingerprint density at radius 3 is 2.34 bits per heavy atom. The van der Waals surface area contributed by atoms with Crippen LogP contribution in [0.5, 0.6) is 0 Å². The fraction of sp³-hybridized carbons (Fsp3) is 0.292. The molecule has 8 heteroatoms. The van der Waals surface area contributed by atoms with Crippen LogP contribution in [0.1, 0.15) is 18.1 Å². The Balaban J connectivity index is 1.88. The molecule has 0 aliphatic carbocycles. The van der Waals surface area contributed by atoms with E-state index < -0.39 is 28.1 Å². The highest BCUT2D eigenvalue weighted by Crippen LogP contribution is 2.26. The molecule has 0 bridgehead atoms. The molecule has 32 heavy (non-hydrogen) atoms. The molecule has 0 spiro atoms. The van der Waals surface area contributed by atoms with Crippen molar-refractivity contribution in [1.29, 1.82) is 0 Å². The van der Waals surface area contributed by atoms with Crippen molar-refractivity contribution in [2.24, 2.45) is 5.73 Å². The molecule has 0 heterocycles. The molecule has 0 unspecified atom stereocenters. The van der Waals surface area contributed by atoms with Crippen LogP contribution in [0.4, 0.5) is 0 Å². The number of aryl methyl sites for hydroxylation is 1. The molecule has 3 rings (SSSR count). The number of nitrogens with one attached hydrogen (secondary N) is 2. The van der Waals surface area contributed by atoms with E-state index in [2.05, 4.69) is 10.0 Å². The molecule has 3 aromatic carbocycles. The summed E-state index contributed by atoms with van der Waals surface area (Å²) in [6, 6.07) is 19.0. The van der Waals surface area contributed by atoms with Crippen molar-refractivity contribution < 1.29 is 17.9 Å². The van der Waals surface area contributed by atoms with Crippen molar-refractivity contribution in [2.75, 3.05) is 13.1 Å². The molecule has 4 N–H and O–H groups in total. The van der Waals surface area contributed by atoms with Crippen molar-refractivity contribution in [2.45, 2.75) is 37.5 Å². The van der Waals surface area contributed by atoms with Crippen LogP contribution in [0, 0.1) is 6.92 Å². The number of benzene rings is 3. The summed E-state index contributed by atoms with van der Waals surface area (Å²) in [5, 5.41) is 4.10. The average molecular weight is 456 g/mol. The van der Waals surface area contributed by atoms with Crippen LogP contribution >= 0.6 is 0 Å². The second-order valence-electron chi connectivity index (χ2n) is 7.61. The average Bonchev–Trinajstić information content (AvgIpc) is 2.80. The zero-order chi connectivity index (χ0) is 23.1. The maximum Gasteiger partial charge on any atom is 0.242 e. The Kier molecular flexibility index (Phi) is 7.98. The number of nitrogens with two attached hydrogens (primary N) is 1. The van der Waals surface area contributed by atoms with Crippen LogP contribution in [-0.4, -0.2) is 39.6 Å². The van der Waals surface area contributed by atoms with Crippen LogP contribution in [0.15, 0.2) is 71.6 Å². The van der Waals surface area contributed by atoms with E-state index in [4.69, 9.17) is 10.5 Å². The van der Waals surface area contributed by atoms with Gasteiger partial charge in [0.15, 0.2) is 0 Å². The van der Waals surface area contributed by atoms with Gasteiger partial charge < -0.3 is 15.8 Å². The third-order valence-electron chi connectivity index (χ3n) is 5.22. The van der Waals surface area contributed by atoms with Crippen LogP contribution in [0.25, 0.3) is 10.8 Å². The normalized spacial score (nSPS) is 13.6. The summed E-state index contributed by atoms with van der Waals surface area (Å²) in [4.78, 5) is 12.9. The first-order chi connectivity index (χ1) is 15.3. The van der Waals surface area contributed by atoms with Crippen molar-refractivity contribution in [3.63, 3.8) is 0 Å². The predicted molar refractivity (Wildman–Crippen MR) is 126 cm³/mol. The fourth-order valence-electron chi connectivity index (χ4n) is 3.45. The van der Waals surface area contributed by atoms with Gasteiger partial charge in [0.05, 0.1) is 17.6 Å². The molecule has 0 aliphatic heterocycles. The summed E-state index contributed by atoms with van der Waals surface area (Å²) >= 11 is 0. The first-order valence-electron chi connectivity index (χ1n) is 10.5. The minimum Gasteiger partial charge on any atom is -0.372 e. The Labute approximate surface area is 189 Å². The molecule has 3 aromatic rings. The largest absolute Gasteiger partial charge is 0.372 e. The van der Waals surface area contributed by atoms with Crippen molar-refractivity contribution in [3.8, 4) is 0 Å². The van der Waals surface area contributed by atoms with Gasteiger partial charge in [0.2, 0.25) is 15.9 Å². The van der Waals surface area contributed by atoms with E-state index in [1.807, 2.05) is 49.4 Å². The van der Waals surface area contributed by atoms with Gasteiger partial charge in [-0.3, -0.25) is 4.79 Å². The van der Waals surface area contributed by atoms with Gasteiger partial charge in [0, 0.05) is 18.5 Å². The standard InChI is InChI=1S/C24H29N3O4S/c1-17-12-13-22(21-11-7-6-10-20(17)21)32(29,30)27-23(24(28)26-15-14-25)18(2)31-16-19-8-4-3-5-9-19/h3-13,18,23,27H,14-16,25H2,1-2H3,(H,26,28)/t18-,23+/m0/s1. The highest BCUT2D eigenvalue weighted by Gasteiger charge is 2.32. The molecule has 7 nitrogen and oxygen atoms in total. The topological polar surface area (TPSA) is 111 Å². The highest BCUT2D eigenvalue weighted by atomic mass is 32.2. The molecule has 1 amide bonds. The van der Waals surface area contributed by atoms with Gasteiger partial charge in [-0.15, -0.1) is 0 Å². The highest BCUT2D eigenvalue weighted by molar-refractivity contribution is 7.89. The fourth-order valence-corrected chi connectivity index (χ4v) is 4.93. The summed E-state index contributed by atoms with van der Waals surface area (Å²) in [6.07, 6.45) is -0.723. The molecule has 0 saturated carbocycles. The predicted octanol–water partition coefficient (Wildman–Crippen LogP) is 2.48. The summed E-state index contributed by atoms with van der Waals surface area (Å²) in [6.45, 7) is 4.32. The molecule has 170 valence electrons. The minimum atomic E-state index is -4.02. The number of hydrogen-bond donors (Lipinski definition) is 3. The van der Waals surface area contributed by atoms with Gasteiger partial charge >= 0.3 is 0 Å². The van der Waals surface area contributed by atoms with E-state index in [9.17, 15) is 13.2 Å². The lowest BCUT2D eigenvalue weighted by Gasteiger charge is -2.25. The third kappa shape index (κ3) is 5.72. The number of hydrogen-bond acceptors (Lipinski definition) is 5. The van der Waals surface area contributed by atoms with Crippen LogP contribution in [-0.2, 0) is 26.2 Å². The number of carbonyl (C=O) groups excluding carboxylic acids is 1. The minimum absolute atomic E-state index is 0.116. The van der Waals surface area contributed by atoms with Crippen molar-refractivity contribution in [3.05, 3.63) is 77.9 Å². The maximum absolute atomic E-state index is 13.4. The van der Waals surface area contributed by atoms with Gasteiger partial charge in [-0.2, -0.15) is 4.72 Å². The van der Waals surface area contributed by atoms with Gasteiger partial charge in [-0.25, -0.2) is 8.42 Å². The van der Waals surface area contributed by atoms with Crippen molar-refractivity contribution in [1.82, 2.24) is 10.0 Å². The summed E-state index contributed by atoms with van der Waals surface area (Å²) in [7, 11) is -4.02. The lowest BCUT2D eigenvalue weighted by molar-refractivity contribution is -0.126. The van der Waals surface area contributed by atoms with E-state index in [0.717, 1.165) is 16.5 Å². The molecule has 0 aliphatic rings. The third-order valence-corrected chi connectivity index (χ3v) is 6.72. The van der Waals surface area contributed by atoms with Gasteiger partial charge in [-0.05, 0) is 36.4 Å². The molecular weight excluding hydrogens is 426 g/mol. The van der Waals surface area contributed by atoms with Crippen molar-refractivity contribution >= 4 is 26.7 Å². The first-order valence-corrected chi connectivity index (χ1v) is 12.0. The first kappa shape index (κ1) is 23.9. The SMILES string of the molecule is Cc1ccc(S(=O)(=O)N[C@@H](C(=O)NCCN)[C@H](C)OCc2ccccc2)c2ccccc12.